The maximum absolute atomic E-state index is 5.66. The predicted octanol–water partition coefficient (Wildman–Crippen LogP) is 3.49. The third-order valence-corrected chi connectivity index (χ3v) is 3.00. The highest BCUT2D eigenvalue weighted by molar-refractivity contribution is 7.80. The Morgan fingerprint density at radius 3 is 2.56 bits per heavy atom. The molecule has 0 fully saturated rings. The van der Waals surface area contributed by atoms with Crippen molar-refractivity contribution in [3.8, 4) is 0 Å². The lowest BCUT2D eigenvalue weighted by molar-refractivity contribution is 0.282. The molecule has 3 heteroatoms. The minimum absolute atomic E-state index is 0.0136. The van der Waals surface area contributed by atoms with E-state index in [1.165, 1.54) is 0 Å². The molecule has 0 aromatic heterocycles. The van der Waals surface area contributed by atoms with E-state index < -0.39 is 0 Å². The van der Waals surface area contributed by atoms with E-state index in [9.17, 15) is 0 Å². The number of benzene rings is 1. The van der Waals surface area contributed by atoms with Crippen LogP contribution in [-0.4, -0.2) is 12.5 Å². The Bertz CT molecular complexity index is 420. The van der Waals surface area contributed by atoms with E-state index in [2.05, 4.69) is 44.5 Å². The van der Waals surface area contributed by atoms with E-state index in [1.807, 2.05) is 18.2 Å². The Morgan fingerprint density at radius 2 is 2.00 bits per heavy atom. The molecule has 2 nitrogen and oxygen atoms in total. The van der Waals surface area contributed by atoms with Gasteiger partial charge in [0.2, 0.25) is 0 Å². The quantitative estimate of drug-likeness (QED) is 0.739. The molecule has 0 unspecified atom stereocenters. The van der Waals surface area contributed by atoms with E-state index in [0.717, 1.165) is 16.4 Å². The van der Waals surface area contributed by atoms with Gasteiger partial charge in [-0.25, -0.2) is 4.99 Å². The van der Waals surface area contributed by atoms with E-state index in [4.69, 9.17) is 4.74 Å². The summed E-state index contributed by atoms with van der Waals surface area (Å²) < 4.78 is 5.66. The molecule has 1 heterocycles. The van der Waals surface area contributed by atoms with Gasteiger partial charge in [0.1, 0.15) is 12.6 Å². The molecular weight excluding hydrogens is 218 g/mol. The highest BCUT2D eigenvalue weighted by atomic mass is 32.1. The molecule has 1 aliphatic rings. The average Bonchev–Trinajstić information content (AvgIpc) is 2.66. The van der Waals surface area contributed by atoms with Gasteiger partial charge in [0.25, 0.3) is 0 Å². The van der Waals surface area contributed by atoms with E-state index in [0.29, 0.717) is 6.61 Å². The topological polar surface area (TPSA) is 21.6 Å². The van der Waals surface area contributed by atoms with Crippen molar-refractivity contribution in [1.29, 1.82) is 0 Å². The lowest BCUT2D eigenvalue weighted by atomic mass is 9.97. The Labute approximate surface area is 102 Å². The molecule has 0 aliphatic carbocycles. The van der Waals surface area contributed by atoms with E-state index in [-0.39, 0.29) is 11.5 Å². The van der Waals surface area contributed by atoms with Crippen LogP contribution < -0.4 is 0 Å². The van der Waals surface area contributed by atoms with Gasteiger partial charge in [0.05, 0.1) is 0 Å². The Balaban J connectivity index is 2.27. The van der Waals surface area contributed by atoms with Crippen LogP contribution in [0, 0.1) is 5.41 Å². The molecule has 0 saturated heterocycles. The Hall–Kier alpha value is -0.960. The lowest BCUT2D eigenvalue weighted by Gasteiger charge is -2.16. The van der Waals surface area contributed by atoms with Crippen molar-refractivity contribution in [2.45, 2.75) is 31.7 Å². The molecule has 86 valence electrons. The van der Waals surface area contributed by atoms with Crippen molar-refractivity contribution >= 4 is 18.5 Å². The molecule has 16 heavy (non-hydrogen) atoms. The maximum Gasteiger partial charge on any atom is 0.189 e. The van der Waals surface area contributed by atoms with Crippen LogP contribution in [0.2, 0.25) is 0 Å². The number of aliphatic imine (C=N–C) groups is 1. The van der Waals surface area contributed by atoms with Gasteiger partial charge >= 0.3 is 0 Å². The minimum atomic E-state index is -0.0136. The fourth-order valence-corrected chi connectivity index (χ4v) is 2.02. The van der Waals surface area contributed by atoms with Crippen molar-refractivity contribution in [2.24, 2.45) is 10.4 Å². The third kappa shape index (κ3) is 2.24. The molecule has 2 rings (SSSR count). The SMILES string of the molecule is CC(C)(C)C1=N[C@@H](c2ccccc2S)CO1. The highest BCUT2D eigenvalue weighted by Gasteiger charge is 2.29. The third-order valence-electron chi connectivity index (χ3n) is 2.59. The summed E-state index contributed by atoms with van der Waals surface area (Å²) in [6, 6.07) is 8.15. The number of hydrogen-bond acceptors (Lipinski definition) is 3. The zero-order valence-corrected chi connectivity index (χ0v) is 10.8. The molecule has 0 spiro atoms. The second-order valence-corrected chi connectivity index (χ2v) is 5.55. The van der Waals surface area contributed by atoms with Crippen LogP contribution in [0.5, 0.6) is 0 Å². The van der Waals surface area contributed by atoms with Crippen LogP contribution in [-0.2, 0) is 4.74 Å². The summed E-state index contributed by atoms with van der Waals surface area (Å²) in [5, 5.41) is 0. The molecule has 1 atom stereocenters. The van der Waals surface area contributed by atoms with Crippen LogP contribution in [0.4, 0.5) is 0 Å². The van der Waals surface area contributed by atoms with Gasteiger partial charge in [-0.3, -0.25) is 0 Å². The maximum atomic E-state index is 5.66. The van der Waals surface area contributed by atoms with Crippen LogP contribution >= 0.6 is 12.6 Å². The van der Waals surface area contributed by atoms with Crippen molar-refractivity contribution in [3.05, 3.63) is 29.8 Å². The van der Waals surface area contributed by atoms with Crippen molar-refractivity contribution < 1.29 is 4.74 Å². The first-order chi connectivity index (χ1) is 7.48. The molecule has 1 aromatic carbocycles. The predicted molar refractivity (Wildman–Crippen MR) is 69.3 cm³/mol. The second kappa shape index (κ2) is 4.13. The number of hydrogen-bond donors (Lipinski definition) is 1. The number of rotatable bonds is 1. The minimum Gasteiger partial charge on any atom is -0.478 e. The number of nitrogens with zero attached hydrogens (tertiary/aromatic N) is 1. The van der Waals surface area contributed by atoms with Gasteiger partial charge in [-0.2, -0.15) is 0 Å². The molecule has 0 bridgehead atoms. The van der Waals surface area contributed by atoms with Crippen molar-refractivity contribution in [3.63, 3.8) is 0 Å². The summed E-state index contributed by atoms with van der Waals surface area (Å²) in [7, 11) is 0. The van der Waals surface area contributed by atoms with Crippen LogP contribution in [0.25, 0.3) is 0 Å². The summed E-state index contributed by atoms with van der Waals surface area (Å²) in [5.41, 5.74) is 1.13. The van der Waals surface area contributed by atoms with Crippen LogP contribution in [0.3, 0.4) is 0 Å². The monoisotopic (exact) mass is 235 g/mol. The molecule has 1 aliphatic heterocycles. The van der Waals surface area contributed by atoms with Crippen molar-refractivity contribution in [2.75, 3.05) is 6.61 Å². The molecular formula is C13H17NOS. The van der Waals surface area contributed by atoms with Gasteiger partial charge in [-0.15, -0.1) is 12.6 Å². The van der Waals surface area contributed by atoms with Crippen LogP contribution in [0.1, 0.15) is 32.4 Å². The van der Waals surface area contributed by atoms with Crippen molar-refractivity contribution in [1.82, 2.24) is 0 Å². The summed E-state index contributed by atoms with van der Waals surface area (Å²) in [6.07, 6.45) is 0. The zero-order valence-electron chi connectivity index (χ0n) is 9.90. The number of ether oxygens (including phenoxy) is 1. The Morgan fingerprint density at radius 1 is 1.31 bits per heavy atom. The zero-order chi connectivity index (χ0) is 11.8. The smallest absolute Gasteiger partial charge is 0.189 e. The first-order valence-corrected chi connectivity index (χ1v) is 5.92. The summed E-state index contributed by atoms with van der Waals surface area (Å²) >= 11 is 4.45. The molecule has 0 radical (unpaired) electrons. The highest BCUT2D eigenvalue weighted by Crippen LogP contribution is 2.32. The van der Waals surface area contributed by atoms with Gasteiger partial charge in [0.15, 0.2) is 5.90 Å². The molecule has 0 amide bonds. The fraction of sp³-hybridized carbons (Fsp3) is 0.462. The largest absolute Gasteiger partial charge is 0.478 e. The fourth-order valence-electron chi connectivity index (χ4n) is 1.71. The first-order valence-electron chi connectivity index (χ1n) is 5.47. The second-order valence-electron chi connectivity index (χ2n) is 5.07. The number of thiol groups is 1. The molecule has 0 saturated carbocycles. The van der Waals surface area contributed by atoms with Gasteiger partial charge in [-0.1, -0.05) is 39.0 Å². The van der Waals surface area contributed by atoms with E-state index >= 15 is 0 Å². The summed E-state index contributed by atoms with van der Waals surface area (Å²) in [5.74, 6) is 0.842. The molecule has 0 N–H and O–H groups in total. The van der Waals surface area contributed by atoms with Gasteiger partial charge in [0, 0.05) is 10.3 Å². The average molecular weight is 235 g/mol. The summed E-state index contributed by atoms with van der Waals surface area (Å²) in [4.78, 5) is 5.62. The first kappa shape index (κ1) is 11.5. The Kier molecular flexibility index (Phi) is 2.98. The normalized spacial score (nSPS) is 20.5. The van der Waals surface area contributed by atoms with Gasteiger partial charge < -0.3 is 4.74 Å². The standard InChI is InChI=1S/C13H17NOS/c1-13(2,3)12-14-10(8-15-12)9-6-4-5-7-11(9)16/h4-7,10,16H,8H2,1-3H3/t10-/m1/s1. The lowest BCUT2D eigenvalue weighted by Crippen LogP contribution is -2.20. The van der Waals surface area contributed by atoms with E-state index in [1.54, 1.807) is 0 Å². The van der Waals surface area contributed by atoms with Gasteiger partial charge in [-0.05, 0) is 11.6 Å². The van der Waals surface area contributed by atoms with Crippen LogP contribution in [0.15, 0.2) is 34.2 Å². The summed E-state index contributed by atoms with van der Waals surface area (Å²) in [6.45, 7) is 6.96. The molecule has 1 aromatic rings.